The lowest BCUT2D eigenvalue weighted by Crippen LogP contribution is -2.46. The lowest BCUT2D eigenvalue weighted by Gasteiger charge is -2.44. The van der Waals surface area contributed by atoms with E-state index >= 15 is 0 Å². The summed E-state index contributed by atoms with van der Waals surface area (Å²) in [6.07, 6.45) is 1.84. The Morgan fingerprint density at radius 3 is 2.47 bits per heavy atom. The normalized spacial score (nSPS) is 14.4. The average Bonchev–Trinajstić information content (AvgIpc) is 3.31. The van der Waals surface area contributed by atoms with Crippen LogP contribution in [0.25, 0.3) is 22.6 Å². The third kappa shape index (κ3) is 3.63. The minimum atomic E-state index is 0.0837. The molecule has 0 spiro atoms. The Morgan fingerprint density at radius 1 is 0.889 bits per heavy atom. The zero-order valence-corrected chi connectivity index (χ0v) is 20.8. The molecule has 1 aromatic heterocycles. The van der Waals surface area contributed by atoms with Crippen LogP contribution in [0.5, 0.6) is 5.75 Å². The Bertz CT molecular complexity index is 1640. The molecule has 6 nitrogen and oxygen atoms in total. The number of para-hydroxylation sites is 2. The van der Waals surface area contributed by atoms with Gasteiger partial charge in [0.2, 0.25) is 5.89 Å². The smallest absolute Gasteiger partial charge is 0.231 e. The van der Waals surface area contributed by atoms with Gasteiger partial charge in [-0.05, 0) is 71.3 Å². The van der Waals surface area contributed by atoms with Crippen molar-refractivity contribution in [1.29, 1.82) is 0 Å². The largest absolute Gasteiger partial charge is 0.507 e. The predicted octanol–water partition coefficient (Wildman–Crippen LogP) is 7.01. The predicted molar refractivity (Wildman–Crippen MR) is 146 cm³/mol. The van der Waals surface area contributed by atoms with Crippen molar-refractivity contribution < 1.29 is 9.52 Å². The van der Waals surface area contributed by atoms with E-state index in [1.165, 1.54) is 22.5 Å². The molecule has 3 heterocycles. The van der Waals surface area contributed by atoms with Crippen LogP contribution in [0.15, 0.2) is 92.7 Å². The summed E-state index contributed by atoms with van der Waals surface area (Å²) in [5.41, 5.74) is 8.87. The Balaban J connectivity index is 1.14. The fourth-order valence-corrected chi connectivity index (χ4v) is 5.48. The highest BCUT2D eigenvalue weighted by Crippen LogP contribution is 2.39. The topological polar surface area (TPSA) is 65.1 Å². The van der Waals surface area contributed by atoms with Gasteiger partial charge in [-0.2, -0.15) is 0 Å². The standard InChI is InChI=1S/C29H21BrN4O2/c30-21-6-10-26-20(12-21)16-34-17-33(26)15-19-11-18(5-9-25(19)34)14-31-22-7-8-23(27(35)13-22)29-32-24-3-1-2-4-28(24)36-29/h1-14,35H,15-17H2. The summed E-state index contributed by atoms with van der Waals surface area (Å²) in [6.45, 7) is 2.67. The molecule has 2 bridgehead atoms. The van der Waals surface area contributed by atoms with Crippen molar-refractivity contribution in [3.63, 3.8) is 0 Å². The Hall–Kier alpha value is -4.10. The maximum atomic E-state index is 10.6. The van der Waals surface area contributed by atoms with Gasteiger partial charge >= 0.3 is 0 Å². The lowest BCUT2D eigenvalue weighted by atomic mass is 10.0. The van der Waals surface area contributed by atoms with E-state index in [2.05, 4.69) is 72.1 Å². The van der Waals surface area contributed by atoms with Gasteiger partial charge in [0.15, 0.2) is 5.58 Å². The number of aliphatic imine (C=N–C) groups is 1. The van der Waals surface area contributed by atoms with E-state index in [9.17, 15) is 5.11 Å². The van der Waals surface area contributed by atoms with E-state index in [1.54, 1.807) is 12.1 Å². The highest BCUT2D eigenvalue weighted by molar-refractivity contribution is 9.10. The molecule has 0 saturated carbocycles. The van der Waals surface area contributed by atoms with Crippen LogP contribution >= 0.6 is 15.9 Å². The first-order chi connectivity index (χ1) is 17.6. The van der Waals surface area contributed by atoms with Gasteiger partial charge in [-0.25, -0.2) is 4.98 Å². The fourth-order valence-electron chi connectivity index (χ4n) is 5.07. The molecule has 0 atom stereocenters. The van der Waals surface area contributed by atoms with Crippen molar-refractivity contribution >= 4 is 50.3 Å². The zero-order chi connectivity index (χ0) is 24.2. The number of rotatable bonds is 3. The fraction of sp³-hybridized carbons (Fsp3) is 0.103. The average molecular weight is 537 g/mol. The highest BCUT2D eigenvalue weighted by atomic mass is 79.9. The van der Waals surface area contributed by atoms with Crippen molar-refractivity contribution in [2.45, 2.75) is 13.1 Å². The van der Waals surface area contributed by atoms with Crippen LogP contribution in [0.4, 0.5) is 17.1 Å². The summed E-state index contributed by atoms with van der Waals surface area (Å²) in [5, 5.41) is 10.6. The number of anilines is 2. The van der Waals surface area contributed by atoms with Crippen molar-refractivity contribution in [1.82, 2.24) is 4.98 Å². The molecule has 7 rings (SSSR count). The van der Waals surface area contributed by atoms with Gasteiger partial charge in [-0.15, -0.1) is 0 Å². The molecule has 0 radical (unpaired) electrons. The quantitative estimate of drug-likeness (QED) is 0.251. The highest BCUT2D eigenvalue weighted by Gasteiger charge is 2.29. The summed E-state index contributed by atoms with van der Waals surface area (Å²) in [7, 11) is 0. The second-order valence-electron chi connectivity index (χ2n) is 9.14. The molecule has 0 saturated heterocycles. The summed E-state index contributed by atoms with van der Waals surface area (Å²) in [6, 6.07) is 25.8. The van der Waals surface area contributed by atoms with E-state index in [1.807, 2.05) is 36.5 Å². The Kier molecular flexibility index (Phi) is 4.85. The van der Waals surface area contributed by atoms with Crippen molar-refractivity contribution in [3.8, 4) is 17.2 Å². The minimum Gasteiger partial charge on any atom is -0.507 e. The molecule has 0 amide bonds. The number of oxazole rings is 1. The van der Waals surface area contributed by atoms with Gasteiger partial charge in [-0.3, -0.25) is 4.99 Å². The number of phenols is 1. The number of halogens is 1. The first-order valence-corrected chi connectivity index (χ1v) is 12.5. The first-order valence-electron chi connectivity index (χ1n) is 11.7. The van der Waals surface area contributed by atoms with Crippen molar-refractivity contribution in [2.24, 2.45) is 4.99 Å². The molecule has 176 valence electrons. The zero-order valence-electron chi connectivity index (χ0n) is 19.2. The number of phenolic OH excluding ortho intramolecular Hbond substituents is 1. The number of aromatic hydroxyl groups is 1. The van der Waals surface area contributed by atoms with Crippen LogP contribution in [0, 0.1) is 0 Å². The van der Waals surface area contributed by atoms with Gasteiger partial charge in [-0.1, -0.05) is 34.1 Å². The van der Waals surface area contributed by atoms with E-state index in [0.29, 0.717) is 22.7 Å². The first kappa shape index (κ1) is 21.2. The monoisotopic (exact) mass is 536 g/mol. The summed E-state index contributed by atoms with van der Waals surface area (Å²) < 4.78 is 6.91. The molecule has 0 unspecified atom stereocenters. The van der Waals surface area contributed by atoms with Gasteiger partial charge in [0, 0.05) is 41.2 Å². The minimum absolute atomic E-state index is 0.0837. The molecular formula is C29H21BrN4O2. The maximum absolute atomic E-state index is 10.6. The molecule has 2 aliphatic rings. The molecule has 0 fully saturated rings. The molecule has 2 aliphatic heterocycles. The number of aromatic nitrogens is 1. The van der Waals surface area contributed by atoms with E-state index in [0.717, 1.165) is 35.3 Å². The Morgan fingerprint density at radius 2 is 1.67 bits per heavy atom. The molecule has 7 heteroatoms. The van der Waals surface area contributed by atoms with Crippen LogP contribution in [0.3, 0.4) is 0 Å². The molecule has 0 aliphatic carbocycles. The van der Waals surface area contributed by atoms with E-state index in [-0.39, 0.29) is 5.75 Å². The third-order valence-corrected chi connectivity index (χ3v) is 7.25. The third-order valence-electron chi connectivity index (χ3n) is 6.76. The van der Waals surface area contributed by atoms with Crippen molar-refractivity contribution in [2.75, 3.05) is 16.5 Å². The SMILES string of the molecule is Oc1cc(N=Cc2ccc3c(c2)CN2CN3Cc3cc(Br)ccc32)ccc1-c1nc2ccccc2o1. The number of fused-ring (bicyclic) bond motifs is 7. The van der Waals surface area contributed by atoms with Gasteiger partial charge in [0.25, 0.3) is 0 Å². The van der Waals surface area contributed by atoms with Crippen LogP contribution in [0.1, 0.15) is 16.7 Å². The molecular weight excluding hydrogens is 516 g/mol. The number of benzene rings is 4. The van der Waals surface area contributed by atoms with Crippen LogP contribution in [0.2, 0.25) is 0 Å². The number of nitrogens with zero attached hydrogens (tertiary/aromatic N) is 4. The number of hydrogen-bond acceptors (Lipinski definition) is 6. The van der Waals surface area contributed by atoms with E-state index < -0.39 is 0 Å². The van der Waals surface area contributed by atoms with Crippen LogP contribution < -0.4 is 9.80 Å². The van der Waals surface area contributed by atoms with Gasteiger partial charge in [0.05, 0.1) is 17.9 Å². The maximum Gasteiger partial charge on any atom is 0.231 e. The van der Waals surface area contributed by atoms with Gasteiger partial charge < -0.3 is 19.3 Å². The van der Waals surface area contributed by atoms with E-state index in [4.69, 9.17) is 4.42 Å². The molecule has 4 aromatic carbocycles. The molecule has 5 aromatic rings. The lowest BCUT2D eigenvalue weighted by molar-refractivity contribution is 0.474. The second-order valence-corrected chi connectivity index (χ2v) is 10.1. The van der Waals surface area contributed by atoms with Crippen molar-refractivity contribution in [3.05, 3.63) is 100 Å². The Labute approximate surface area is 216 Å². The summed E-state index contributed by atoms with van der Waals surface area (Å²) >= 11 is 3.60. The second kappa shape index (κ2) is 8.24. The summed E-state index contributed by atoms with van der Waals surface area (Å²) in [5.74, 6) is 0.476. The molecule has 36 heavy (non-hydrogen) atoms. The van der Waals surface area contributed by atoms with Crippen LogP contribution in [-0.4, -0.2) is 23.0 Å². The molecule has 1 N–H and O–H groups in total. The van der Waals surface area contributed by atoms with Gasteiger partial charge in [0.1, 0.15) is 11.3 Å². The number of hydrogen-bond donors (Lipinski definition) is 1. The van der Waals surface area contributed by atoms with Crippen LogP contribution in [-0.2, 0) is 13.1 Å². The summed E-state index contributed by atoms with van der Waals surface area (Å²) in [4.78, 5) is 13.9.